The van der Waals surface area contributed by atoms with E-state index in [1.807, 2.05) is 24.8 Å². The van der Waals surface area contributed by atoms with Crippen LogP contribution in [0.15, 0.2) is 6.07 Å². The highest BCUT2D eigenvalue weighted by Crippen LogP contribution is 2.38. The first-order chi connectivity index (χ1) is 9.17. The number of hydrogen-bond donors (Lipinski definition) is 3. The van der Waals surface area contributed by atoms with Crippen molar-refractivity contribution in [3.05, 3.63) is 11.9 Å². The number of nitrogens with one attached hydrogen (secondary N) is 2. The van der Waals surface area contributed by atoms with Gasteiger partial charge in [-0.2, -0.15) is 11.8 Å². The average molecular weight is 281 g/mol. The molecule has 0 spiro atoms. The number of anilines is 2. The van der Waals surface area contributed by atoms with E-state index in [2.05, 4.69) is 27.0 Å². The molecule has 0 saturated heterocycles. The Balaban J connectivity index is 2.02. The van der Waals surface area contributed by atoms with Gasteiger partial charge >= 0.3 is 0 Å². The summed E-state index contributed by atoms with van der Waals surface area (Å²) in [5.41, 5.74) is 2.57. The molecule has 0 bridgehead atoms. The summed E-state index contributed by atoms with van der Waals surface area (Å²) in [4.78, 5) is 8.60. The van der Waals surface area contributed by atoms with Crippen molar-refractivity contribution in [3.8, 4) is 0 Å². The van der Waals surface area contributed by atoms with Gasteiger partial charge in [0.2, 0.25) is 0 Å². The molecule has 19 heavy (non-hydrogen) atoms. The van der Waals surface area contributed by atoms with Gasteiger partial charge in [-0.05, 0) is 26.0 Å². The van der Waals surface area contributed by atoms with Crippen molar-refractivity contribution in [1.82, 2.24) is 9.97 Å². The lowest BCUT2D eigenvalue weighted by Gasteiger charge is -2.36. The molecule has 0 amide bonds. The molecule has 0 aliphatic heterocycles. The van der Waals surface area contributed by atoms with Gasteiger partial charge in [-0.1, -0.05) is 19.3 Å². The van der Waals surface area contributed by atoms with Crippen molar-refractivity contribution in [2.45, 2.75) is 43.8 Å². The van der Waals surface area contributed by atoms with Gasteiger partial charge in [0.25, 0.3) is 0 Å². The Hall–Kier alpha value is -1.01. The maximum absolute atomic E-state index is 5.41. The molecule has 0 atom stereocenters. The zero-order chi connectivity index (χ0) is 13.7. The highest BCUT2D eigenvalue weighted by atomic mass is 32.2. The molecule has 1 aliphatic carbocycles. The number of hydrazine groups is 1. The minimum atomic E-state index is 0.355. The van der Waals surface area contributed by atoms with Crippen molar-refractivity contribution < 1.29 is 0 Å². The minimum Gasteiger partial charge on any atom is -0.369 e. The van der Waals surface area contributed by atoms with Crippen molar-refractivity contribution in [2.24, 2.45) is 5.84 Å². The van der Waals surface area contributed by atoms with E-state index in [-0.39, 0.29) is 0 Å². The van der Waals surface area contributed by atoms with Gasteiger partial charge in [0, 0.05) is 17.4 Å². The molecular weight excluding hydrogens is 258 g/mol. The second-order valence-electron chi connectivity index (χ2n) is 5.13. The second kappa shape index (κ2) is 6.43. The van der Waals surface area contributed by atoms with Crippen LogP contribution in [0.5, 0.6) is 0 Å². The fourth-order valence-electron chi connectivity index (χ4n) is 2.63. The number of nitrogens with two attached hydrogens (primary N) is 1. The predicted molar refractivity (Wildman–Crippen MR) is 82.4 cm³/mol. The second-order valence-corrected chi connectivity index (χ2v) is 6.41. The third-order valence-electron chi connectivity index (χ3n) is 3.78. The van der Waals surface area contributed by atoms with Gasteiger partial charge in [0.15, 0.2) is 0 Å². The molecule has 6 heteroatoms. The summed E-state index contributed by atoms with van der Waals surface area (Å²) < 4.78 is 0.355. The van der Waals surface area contributed by atoms with Crippen LogP contribution < -0.4 is 16.6 Å². The molecular formula is C13H23N5S. The molecule has 4 N–H and O–H groups in total. The molecule has 1 heterocycles. The van der Waals surface area contributed by atoms with Crippen LogP contribution >= 0.6 is 11.8 Å². The van der Waals surface area contributed by atoms with Crippen molar-refractivity contribution in [3.63, 3.8) is 0 Å². The lowest BCUT2D eigenvalue weighted by molar-refractivity contribution is 0.411. The van der Waals surface area contributed by atoms with Gasteiger partial charge in [-0.25, -0.2) is 15.8 Å². The molecule has 1 aliphatic rings. The van der Waals surface area contributed by atoms with Crippen molar-refractivity contribution in [1.29, 1.82) is 0 Å². The first kappa shape index (κ1) is 14.4. The molecule has 106 valence electrons. The van der Waals surface area contributed by atoms with E-state index in [9.17, 15) is 0 Å². The smallest absolute Gasteiger partial charge is 0.145 e. The van der Waals surface area contributed by atoms with Crippen LogP contribution in [-0.4, -0.2) is 27.5 Å². The van der Waals surface area contributed by atoms with Crippen LogP contribution in [0.3, 0.4) is 0 Å². The van der Waals surface area contributed by atoms with E-state index >= 15 is 0 Å². The fourth-order valence-corrected chi connectivity index (χ4v) is 3.55. The lowest BCUT2D eigenvalue weighted by Crippen LogP contribution is -2.35. The largest absolute Gasteiger partial charge is 0.369 e. The highest BCUT2D eigenvalue weighted by molar-refractivity contribution is 8.00. The summed E-state index contributed by atoms with van der Waals surface area (Å²) in [6, 6.07) is 1.85. The third-order valence-corrected chi connectivity index (χ3v) is 5.19. The van der Waals surface area contributed by atoms with Crippen LogP contribution in [0.25, 0.3) is 0 Å². The summed E-state index contributed by atoms with van der Waals surface area (Å²) in [5.74, 6) is 7.63. The van der Waals surface area contributed by atoms with Crippen molar-refractivity contribution >= 4 is 23.4 Å². The molecule has 5 nitrogen and oxygen atoms in total. The summed E-state index contributed by atoms with van der Waals surface area (Å²) in [6.45, 7) is 2.82. The van der Waals surface area contributed by atoms with E-state index in [0.29, 0.717) is 10.6 Å². The summed E-state index contributed by atoms with van der Waals surface area (Å²) in [7, 11) is 0. The van der Waals surface area contributed by atoms with Crippen LogP contribution in [0.1, 0.15) is 37.9 Å². The Morgan fingerprint density at radius 3 is 2.58 bits per heavy atom. The first-order valence-electron chi connectivity index (χ1n) is 6.79. The zero-order valence-corrected chi connectivity index (χ0v) is 12.5. The Bertz CT molecular complexity index is 417. The monoisotopic (exact) mass is 281 g/mol. The topological polar surface area (TPSA) is 75.9 Å². The molecule has 0 aromatic carbocycles. The van der Waals surface area contributed by atoms with Crippen LogP contribution in [0, 0.1) is 6.92 Å². The number of aryl methyl sites for hydroxylation is 1. The number of hydrogen-bond acceptors (Lipinski definition) is 6. The average Bonchev–Trinajstić information content (AvgIpc) is 2.45. The Labute approximate surface area is 119 Å². The Morgan fingerprint density at radius 1 is 1.26 bits per heavy atom. The minimum absolute atomic E-state index is 0.355. The fraction of sp³-hybridized carbons (Fsp3) is 0.692. The normalized spacial score (nSPS) is 18.1. The molecule has 1 fully saturated rings. The number of thioether (sulfide) groups is 1. The number of nitrogen functional groups attached to an aromatic ring is 1. The predicted octanol–water partition coefficient (Wildman–Crippen LogP) is 2.55. The quantitative estimate of drug-likeness (QED) is 0.569. The van der Waals surface area contributed by atoms with Crippen molar-refractivity contribution in [2.75, 3.05) is 23.5 Å². The molecule has 1 saturated carbocycles. The van der Waals surface area contributed by atoms with Gasteiger partial charge in [0.05, 0.1) is 0 Å². The summed E-state index contributed by atoms with van der Waals surface area (Å²) in [5, 5.41) is 3.45. The van der Waals surface area contributed by atoms with E-state index in [4.69, 9.17) is 5.84 Å². The van der Waals surface area contributed by atoms with Crippen LogP contribution in [0.4, 0.5) is 11.6 Å². The third kappa shape index (κ3) is 3.73. The first-order valence-corrected chi connectivity index (χ1v) is 8.01. The van der Waals surface area contributed by atoms with E-state index in [1.54, 1.807) is 0 Å². The number of nitrogens with zero attached hydrogens (tertiary/aromatic N) is 2. The number of aromatic nitrogens is 2. The van der Waals surface area contributed by atoms with E-state index in [1.165, 1.54) is 32.1 Å². The van der Waals surface area contributed by atoms with Crippen LogP contribution in [0.2, 0.25) is 0 Å². The summed E-state index contributed by atoms with van der Waals surface area (Å²) in [6.07, 6.45) is 8.82. The molecule has 0 unspecified atom stereocenters. The zero-order valence-electron chi connectivity index (χ0n) is 11.7. The molecule has 1 aromatic heterocycles. The molecule has 0 radical (unpaired) electrons. The van der Waals surface area contributed by atoms with E-state index in [0.717, 1.165) is 18.2 Å². The maximum atomic E-state index is 5.41. The summed E-state index contributed by atoms with van der Waals surface area (Å²) >= 11 is 1.98. The van der Waals surface area contributed by atoms with Gasteiger partial charge in [-0.15, -0.1) is 0 Å². The SMILES string of the molecule is CSC1(CNc2cc(NN)nc(C)n2)CCCCC1. The van der Waals surface area contributed by atoms with Gasteiger partial charge < -0.3 is 10.7 Å². The highest BCUT2D eigenvalue weighted by Gasteiger charge is 2.30. The van der Waals surface area contributed by atoms with E-state index < -0.39 is 0 Å². The van der Waals surface area contributed by atoms with Crippen LogP contribution in [-0.2, 0) is 0 Å². The number of rotatable bonds is 5. The standard InChI is InChI=1S/C13H23N5S/c1-10-16-11(8-12(17-10)18-14)15-9-13(19-2)6-4-3-5-7-13/h8H,3-7,9,14H2,1-2H3,(H2,15,16,17,18). The lowest BCUT2D eigenvalue weighted by atomic mass is 9.88. The van der Waals surface area contributed by atoms with Gasteiger partial charge in [0.1, 0.15) is 17.5 Å². The Morgan fingerprint density at radius 2 is 1.95 bits per heavy atom. The molecule has 1 aromatic rings. The molecule has 2 rings (SSSR count). The Kier molecular flexibility index (Phi) is 4.87. The maximum Gasteiger partial charge on any atom is 0.145 e. The van der Waals surface area contributed by atoms with Gasteiger partial charge in [-0.3, -0.25) is 0 Å².